The molecule has 4 rings (SSSR count). The first kappa shape index (κ1) is 19.5. The van der Waals surface area contributed by atoms with Crippen LogP contribution in [0.1, 0.15) is 46.7 Å². The second-order valence-electron chi connectivity index (χ2n) is 6.81. The number of nitrogens with zero attached hydrogens (tertiary/aromatic N) is 2. The Hall–Kier alpha value is -1.78. The highest BCUT2D eigenvalue weighted by Crippen LogP contribution is 2.46. The molecule has 6 nitrogen and oxygen atoms in total. The molecule has 0 radical (unpaired) electrons. The standard InChI is InChI=1S/C17H18ClF3N4O2S/c18-13-14(16(26)22-8-9-3-1-5-27-9)24-25-12(17(19,20)21)7-10(23-15(13)25)11-4-2-6-28-11/h2,4,6,9-10,12,23H,1,3,5,7-8H2,(H,22,26)/t9-,10-,12-/m0/s1. The molecular weight excluding hydrogens is 417 g/mol. The number of fused-ring (bicyclic) bond motifs is 1. The van der Waals surface area contributed by atoms with E-state index in [4.69, 9.17) is 16.3 Å². The van der Waals surface area contributed by atoms with Crippen LogP contribution in [0.3, 0.4) is 0 Å². The molecule has 1 fully saturated rings. The Balaban J connectivity index is 1.61. The summed E-state index contributed by atoms with van der Waals surface area (Å²) < 4.78 is 47.3. The fourth-order valence-electron chi connectivity index (χ4n) is 3.51. The molecule has 2 aliphatic rings. The van der Waals surface area contributed by atoms with E-state index in [1.54, 1.807) is 17.5 Å². The zero-order valence-corrected chi connectivity index (χ0v) is 16.2. The van der Waals surface area contributed by atoms with Gasteiger partial charge in [0.2, 0.25) is 0 Å². The van der Waals surface area contributed by atoms with Crippen molar-refractivity contribution in [2.45, 2.75) is 43.6 Å². The van der Waals surface area contributed by atoms with Crippen molar-refractivity contribution in [1.82, 2.24) is 15.1 Å². The summed E-state index contributed by atoms with van der Waals surface area (Å²) in [5.74, 6) is -0.603. The van der Waals surface area contributed by atoms with Crippen LogP contribution in [0.4, 0.5) is 19.0 Å². The van der Waals surface area contributed by atoms with Crippen LogP contribution in [-0.2, 0) is 4.74 Å². The predicted octanol–water partition coefficient (Wildman–Crippen LogP) is 4.17. The molecule has 0 unspecified atom stereocenters. The van der Waals surface area contributed by atoms with Gasteiger partial charge in [-0.15, -0.1) is 11.3 Å². The number of nitrogens with one attached hydrogen (secondary N) is 2. The summed E-state index contributed by atoms with van der Waals surface area (Å²) in [5, 5.41) is 11.3. The normalized spacial score (nSPS) is 24.6. The van der Waals surface area contributed by atoms with Crippen LogP contribution in [0.5, 0.6) is 0 Å². The Kier molecular flexibility index (Phi) is 5.28. The first-order valence-electron chi connectivity index (χ1n) is 8.89. The molecule has 11 heteroatoms. The third-order valence-electron chi connectivity index (χ3n) is 4.91. The van der Waals surface area contributed by atoms with E-state index in [1.807, 2.05) is 0 Å². The Bertz CT molecular complexity index is 849. The van der Waals surface area contributed by atoms with Crippen LogP contribution in [-0.4, -0.2) is 41.1 Å². The van der Waals surface area contributed by atoms with E-state index in [-0.39, 0.29) is 35.6 Å². The van der Waals surface area contributed by atoms with Gasteiger partial charge in [0, 0.05) is 24.4 Å². The van der Waals surface area contributed by atoms with E-state index in [9.17, 15) is 18.0 Å². The molecule has 2 N–H and O–H groups in total. The number of thiophene rings is 1. The summed E-state index contributed by atoms with van der Waals surface area (Å²) in [6, 6.07) is 1.12. The fourth-order valence-corrected chi connectivity index (χ4v) is 4.56. The molecular formula is C17H18ClF3N4O2S. The molecule has 2 aromatic heterocycles. The molecule has 1 amide bonds. The van der Waals surface area contributed by atoms with E-state index >= 15 is 0 Å². The molecule has 0 aliphatic carbocycles. The number of hydrogen-bond donors (Lipinski definition) is 2. The van der Waals surface area contributed by atoms with Gasteiger partial charge >= 0.3 is 6.18 Å². The van der Waals surface area contributed by atoms with Crippen molar-refractivity contribution >= 4 is 34.7 Å². The molecule has 2 aliphatic heterocycles. The van der Waals surface area contributed by atoms with E-state index in [0.717, 1.165) is 22.4 Å². The van der Waals surface area contributed by atoms with Crippen molar-refractivity contribution in [1.29, 1.82) is 0 Å². The number of hydrogen-bond acceptors (Lipinski definition) is 5. The number of carbonyl (C=O) groups is 1. The summed E-state index contributed by atoms with van der Waals surface area (Å²) in [6.07, 6.45) is -3.10. The Morgan fingerprint density at radius 1 is 1.50 bits per heavy atom. The highest BCUT2D eigenvalue weighted by Gasteiger charge is 2.48. The van der Waals surface area contributed by atoms with Gasteiger partial charge in [0.25, 0.3) is 5.91 Å². The summed E-state index contributed by atoms with van der Waals surface area (Å²) in [5.41, 5.74) is -0.219. The minimum atomic E-state index is -4.52. The maximum absolute atomic E-state index is 13.7. The zero-order chi connectivity index (χ0) is 19.9. The zero-order valence-electron chi connectivity index (χ0n) is 14.6. The van der Waals surface area contributed by atoms with Crippen molar-refractivity contribution in [3.63, 3.8) is 0 Å². The summed E-state index contributed by atoms with van der Waals surface area (Å²) in [4.78, 5) is 13.2. The quantitative estimate of drug-likeness (QED) is 0.758. The number of amides is 1. The van der Waals surface area contributed by atoms with Gasteiger partial charge in [0.1, 0.15) is 10.8 Å². The Labute approximate surface area is 168 Å². The second-order valence-corrected chi connectivity index (χ2v) is 8.16. The lowest BCUT2D eigenvalue weighted by atomic mass is 10.0. The average molecular weight is 435 g/mol. The predicted molar refractivity (Wildman–Crippen MR) is 98.9 cm³/mol. The average Bonchev–Trinajstić information content (AvgIpc) is 3.40. The monoisotopic (exact) mass is 434 g/mol. The van der Waals surface area contributed by atoms with Crippen molar-refractivity contribution in [3.8, 4) is 0 Å². The molecule has 1 saturated heterocycles. The topological polar surface area (TPSA) is 68.2 Å². The van der Waals surface area contributed by atoms with Gasteiger partial charge in [0.05, 0.1) is 12.1 Å². The van der Waals surface area contributed by atoms with Crippen molar-refractivity contribution in [3.05, 3.63) is 33.1 Å². The first-order chi connectivity index (χ1) is 13.3. The number of alkyl halides is 3. The number of halogens is 4. The van der Waals surface area contributed by atoms with E-state index in [1.165, 1.54) is 11.3 Å². The first-order valence-corrected chi connectivity index (χ1v) is 10.1. The van der Waals surface area contributed by atoms with Crippen LogP contribution in [0.2, 0.25) is 5.02 Å². The van der Waals surface area contributed by atoms with Crippen LogP contribution in [0, 0.1) is 0 Å². The third kappa shape index (κ3) is 3.72. The highest BCUT2D eigenvalue weighted by atomic mass is 35.5. The SMILES string of the molecule is O=C(NC[C@@H]1CCCO1)c1nn2c(c1Cl)N[C@H](c1cccs1)C[C@H]2C(F)(F)F. The van der Waals surface area contributed by atoms with E-state index in [0.29, 0.717) is 6.61 Å². The molecule has 3 atom stereocenters. The van der Waals surface area contributed by atoms with E-state index < -0.39 is 24.2 Å². The number of carbonyl (C=O) groups excluding carboxylic acids is 1. The van der Waals surface area contributed by atoms with Crippen molar-refractivity contribution < 1.29 is 22.7 Å². The molecule has 0 bridgehead atoms. The number of aromatic nitrogens is 2. The Morgan fingerprint density at radius 3 is 2.96 bits per heavy atom. The maximum atomic E-state index is 13.7. The molecule has 28 heavy (non-hydrogen) atoms. The number of rotatable bonds is 4. The molecule has 152 valence electrons. The number of anilines is 1. The van der Waals surface area contributed by atoms with Crippen LogP contribution in [0.25, 0.3) is 0 Å². The van der Waals surface area contributed by atoms with Gasteiger partial charge in [-0.25, -0.2) is 4.68 Å². The molecule has 0 spiro atoms. The summed E-state index contributed by atoms with van der Waals surface area (Å²) >= 11 is 7.63. The minimum Gasteiger partial charge on any atom is -0.376 e. The van der Waals surface area contributed by atoms with Gasteiger partial charge in [0.15, 0.2) is 11.7 Å². The number of ether oxygens (including phenoxy) is 1. The van der Waals surface area contributed by atoms with Crippen LogP contribution < -0.4 is 10.6 Å². The molecule has 2 aromatic rings. The van der Waals surface area contributed by atoms with Crippen molar-refractivity contribution in [2.75, 3.05) is 18.5 Å². The Morgan fingerprint density at radius 2 is 2.32 bits per heavy atom. The minimum absolute atomic E-state index is 0.0101. The van der Waals surface area contributed by atoms with Gasteiger partial charge in [-0.1, -0.05) is 17.7 Å². The van der Waals surface area contributed by atoms with E-state index in [2.05, 4.69) is 15.7 Å². The smallest absolute Gasteiger partial charge is 0.376 e. The highest BCUT2D eigenvalue weighted by molar-refractivity contribution is 7.10. The third-order valence-corrected chi connectivity index (χ3v) is 6.26. The summed E-state index contributed by atoms with van der Waals surface area (Å²) in [7, 11) is 0. The lowest BCUT2D eigenvalue weighted by Crippen LogP contribution is -2.36. The van der Waals surface area contributed by atoms with Gasteiger partial charge in [-0.05, 0) is 24.3 Å². The van der Waals surface area contributed by atoms with Gasteiger partial charge < -0.3 is 15.4 Å². The second kappa shape index (κ2) is 7.57. The van der Waals surface area contributed by atoms with Crippen LogP contribution in [0.15, 0.2) is 17.5 Å². The van der Waals surface area contributed by atoms with Crippen molar-refractivity contribution in [2.24, 2.45) is 0 Å². The maximum Gasteiger partial charge on any atom is 0.410 e. The lowest BCUT2D eigenvalue weighted by molar-refractivity contribution is -0.173. The molecule has 4 heterocycles. The largest absolute Gasteiger partial charge is 0.410 e. The fraction of sp³-hybridized carbons (Fsp3) is 0.529. The summed E-state index contributed by atoms with van der Waals surface area (Å²) in [6.45, 7) is 0.909. The van der Waals surface area contributed by atoms with Gasteiger partial charge in [-0.2, -0.15) is 18.3 Å². The molecule has 0 saturated carbocycles. The molecule has 0 aromatic carbocycles. The van der Waals surface area contributed by atoms with Gasteiger partial charge in [-0.3, -0.25) is 4.79 Å². The van der Waals surface area contributed by atoms with Crippen LogP contribution >= 0.6 is 22.9 Å². The lowest BCUT2D eigenvalue weighted by Gasteiger charge is -2.32.